The van der Waals surface area contributed by atoms with E-state index in [1.165, 1.54) is 21.0 Å². The van der Waals surface area contributed by atoms with Crippen LogP contribution in [-0.2, 0) is 37.8 Å². The number of ketones is 1. The van der Waals surface area contributed by atoms with E-state index in [1.807, 2.05) is 36.4 Å². The quantitative estimate of drug-likeness (QED) is 0.0729. The van der Waals surface area contributed by atoms with Crippen molar-refractivity contribution in [3.8, 4) is 5.75 Å². The molecule has 0 amide bonds. The van der Waals surface area contributed by atoms with Crippen molar-refractivity contribution in [3.63, 3.8) is 0 Å². The molecule has 3 atom stereocenters. The van der Waals surface area contributed by atoms with Crippen LogP contribution >= 0.6 is 0 Å². The fourth-order valence-corrected chi connectivity index (χ4v) is 5.80. The van der Waals surface area contributed by atoms with E-state index in [0.29, 0.717) is 18.6 Å². The third-order valence-electron chi connectivity index (χ3n) is 6.28. The van der Waals surface area contributed by atoms with Gasteiger partial charge in [-0.15, -0.1) is 0 Å². The number of allylic oxidation sites excluding steroid dienone is 3. The number of para-hydroxylation sites is 1. The van der Waals surface area contributed by atoms with Gasteiger partial charge in [0, 0.05) is 26.5 Å². The van der Waals surface area contributed by atoms with Crippen molar-refractivity contribution >= 4 is 26.0 Å². The monoisotopic (exact) mass is 602 g/mol. The zero-order valence-corrected chi connectivity index (χ0v) is 27.1. The van der Waals surface area contributed by atoms with Gasteiger partial charge in [0.2, 0.25) is 0 Å². The Hall–Kier alpha value is -3.05. The molecule has 1 aromatic rings. The van der Waals surface area contributed by atoms with Crippen molar-refractivity contribution < 1.29 is 42.5 Å². The first kappa shape index (κ1) is 35.1. The van der Waals surface area contributed by atoms with E-state index >= 15 is 0 Å². The van der Waals surface area contributed by atoms with Crippen molar-refractivity contribution in [1.82, 2.24) is 0 Å². The minimum Gasteiger partial charge on any atom is -0.494 e. The molecule has 0 saturated heterocycles. The minimum absolute atomic E-state index is 0.143. The number of rotatable bonds is 17. The van der Waals surface area contributed by atoms with E-state index in [2.05, 4.69) is 19.6 Å². The standard InChI is InChI=1S/C32H46O9Si/c1-24(33)38-23-30(40-31(3,4)36-5)29(39-25(2)34)18-14-17-27-28(35)19-21-32(27,41-42(6,7)8)20-12-13-22-37-26-15-10-9-11-16-26/h9-11,14-19,21,29-30H,12-13,20,22-23H2,1-8H3/t29-,30+,32?/m0/s1. The number of methoxy groups -OCH3 is 1. The average Bonchev–Trinajstić information content (AvgIpc) is 3.19. The van der Waals surface area contributed by atoms with Crippen LogP contribution in [0.1, 0.15) is 47.0 Å². The number of hydrogen-bond donors (Lipinski definition) is 0. The van der Waals surface area contributed by atoms with Gasteiger partial charge >= 0.3 is 11.9 Å². The van der Waals surface area contributed by atoms with Gasteiger partial charge < -0.3 is 28.1 Å². The Morgan fingerprint density at radius 3 is 2.33 bits per heavy atom. The summed E-state index contributed by atoms with van der Waals surface area (Å²) in [6.45, 7) is 12.6. The summed E-state index contributed by atoms with van der Waals surface area (Å²) in [5, 5.41) is 0. The summed E-state index contributed by atoms with van der Waals surface area (Å²) in [5.41, 5.74) is -0.372. The average molecular weight is 603 g/mol. The van der Waals surface area contributed by atoms with Gasteiger partial charge in [-0.25, -0.2) is 0 Å². The maximum atomic E-state index is 13.1. The first-order valence-electron chi connectivity index (χ1n) is 14.2. The van der Waals surface area contributed by atoms with Crippen LogP contribution in [0.25, 0.3) is 0 Å². The Bertz CT molecular complexity index is 1130. The molecule has 9 nitrogen and oxygen atoms in total. The highest BCUT2D eigenvalue weighted by atomic mass is 28.4. The Morgan fingerprint density at radius 1 is 1.05 bits per heavy atom. The highest BCUT2D eigenvalue weighted by molar-refractivity contribution is 6.70. The lowest BCUT2D eigenvalue weighted by molar-refractivity contribution is -0.246. The van der Waals surface area contributed by atoms with Crippen LogP contribution < -0.4 is 4.74 Å². The summed E-state index contributed by atoms with van der Waals surface area (Å²) in [5.74, 6) is -1.42. The number of esters is 2. The third kappa shape index (κ3) is 12.0. The number of ether oxygens (including phenoxy) is 5. The second-order valence-electron chi connectivity index (χ2n) is 11.5. The molecular formula is C32H46O9Si. The van der Waals surface area contributed by atoms with Crippen LogP contribution in [-0.4, -0.2) is 70.0 Å². The molecule has 1 aromatic carbocycles. The second kappa shape index (κ2) is 16.0. The summed E-state index contributed by atoms with van der Waals surface area (Å²) in [7, 11) is -0.611. The molecule has 1 aliphatic rings. The summed E-state index contributed by atoms with van der Waals surface area (Å²) >= 11 is 0. The maximum absolute atomic E-state index is 13.1. The van der Waals surface area contributed by atoms with Crippen LogP contribution in [0.2, 0.25) is 19.6 Å². The molecule has 0 aromatic heterocycles. The minimum atomic E-state index is -2.09. The van der Waals surface area contributed by atoms with E-state index in [-0.39, 0.29) is 12.4 Å². The SMILES string of the molecule is COC(C)(C)O[C@H](COC(C)=O)[C@H](C=CC=C1C(=O)C=CC1(CCCCOc1ccccc1)O[Si](C)(C)C)OC(C)=O. The Labute approximate surface area is 251 Å². The van der Waals surface area contributed by atoms with Crippen LogP contribution in [0.4, 0.5) is 0 Å². The lowest BCUT2D eigenvalue weighted by Gasteiger charge is -2.36. The fraction of sp³-hybridized carbons (Fsp3) is 0.531. The summed E-state index contributed by atoms with van der Waals surface area (Å²) in [6.07, 6.45) is 8.72. The third-order valence-corrected chi connectivity index (χ3v) is 7.25. The van der Waals surface area contributed by atoms with Gasteiger partial charge in [-0.2, -0.15) is 0 Å². The van der Waals surface area contributed by atoms with Crippen LogP contribution in [0.15, 0.2) is 66.3 Å². The second-order valence-corrected chi connectivity index (χ2v) is 16.0. The lowest BCUT2D eigenvalue weighted by atomic mass is 9.90. The fourth-order valence-electron chi connectivity index (χ4n) is 4.42. The number of hydrogen-bond acceptors (Lipinski definition) is 9. The summed E-state index contributed by atoms with van der Waals surface area (Å²) in [4.78, 5) is 36.6. The van der Waals surface area contributed by atoms with Gasteiger partial charge in [0.05, 0.1) is 6.61 Å². The Balaban J connectivity index is 2.29. The van der Waals surface area contributed by atoms with Crippen molar-refractivity contribution in [2.45, 2.75) is 90.2 Å². The first-order chi connectivity index (χ1) is 19.7. The van der Waals surface area contributed by atoms with Crippen LogP contribution in [0.5, 0.6) is 5.75 Å². The zero-order valence-electron chi connectivity index (χ0n) is 26.1. The Morgan fingerprint density at radius 2 is 1.74 bits per heavy atom. The predicted octanol–water partition coefficient (Wildman–Crippen LogP) is 5.71. The van der Waals surface area contributed by atoms with Gasteiger partial charge in [0.1, 0.15) is 30.2 Å². The molecule has 0 bridgehead atoms. The molecule has 1 aliphatic carbocycles. The highest BCUT2D eigenvalue weighted by Gasteiger charge is 2.42. The zero-order chi connectivity index (χ0) is 31.4. The van der Waals surface area contributed by atoms with Gasteiger partial charge in [0.15, 0.2) is 19.9 Å². The van der Waals surface area contributed by atoms with Gasteiger partial charge in [-0.3, -0.25) is 14.4 Å². The number of unbranched alkanes of at least 4 members (excludes halogenated alkanes) is 1. The highest BCUT2D eigenvalue weighted by Crippen LogP contribution is 2.38. The first-order valence-corrected chi connectivity index (χ1v) is 17.6. The molecule has 10 heteroatoms. The molecule has 0 fully saturated rings. The van der Waals surface area contributed by atoms with E-state index in [4.69, 9.17) is 28.1 Å². The summed E-state index contributed by atoms with van der Waals surface area (Å²) in [6, 6.07) is 9.64. The van der Waals surface area contributed by atoms with Gasteiger partial charge in [0.25, 0.3) is 0 Å². The van der Waals surface area contributed by atoms with Crippen molar-refractivity contribution in [2.24, 2.45) is 0 Å². The molecule has 42 heavy (non-hydrogen) atoms. The van der Waals surface area contributed by atoms with Crippen molar-refractivity contribution in [1.29, 1.82) is 0 Å². The molecule has 1 unspecified atom stereocenters. The molecule has 0 N–H and O–H groups in total. The van der Waals surface area contributed by atoms with Crippen LogP contribution in [0.3, 0.4) is 0 Å². The topological polar surface area (TPSA) is 107 Å². The Kier molecular flexibility index (Phi) is 13.4. The smallest absolute Gasteiger partial charge is 0.303 e. The largest absolute Gasteiger partial charge is 0.494 e. The molecular weight excluding hydrogens is 556 g/mol. The molecule has 0 radical (unpaired) electrons. The van der Waals surface area contributed by atoms with Gasteiger partial charge in [-0.1, -0.05) is 30.4 Å². The normalized spacial score (nSPS) is 19.7. The van der Waals surface area contributed by atoms with E-state index in [1.54, 1.807) is 38.2 Å². The van der Waals surface area contributed by atoms with E-state index < -0.39 is 43.9 Å². The number of benzene rings is 1. The molecule has 0 spiro atoms. The number of carbonyl (C=O) groups excluding carboxylic acids is 3. The molecule has 0 saturated carbocycles. The molecule has 0 aliphatic heterocycles. The molecule has 2 rings (SSSR count). The van der Waals surface area contributed by atoms with Crippen molar-refractivity contribution in [3.05, 3.63) is 66.3 Å². The summed E-state index contributed by atoms with van der Waals surface area (Å²) < 4.78 is 34.6. The predicted molar refractivity (Wildman–Crippen MR) is 162 cm³/mol. The lowest BCUT2D eigenvalue weighted by Crippen LogP contribution is -2.43. The van der Waals surface area contributed by atoms with Gasteiger partial charge in [-0.05, 0) is 83.1 Å². The maximum Gasteiger partial charge on any atom is 0.303 e. The molecule has 232 valence electrons. The van der Waals surface area contributed by atoms with Crippen LogP contribution in [0, 0.1) is 0 Å². The van der Waals surface area contributed by atoms with E-state index in [0.717, 1.165) is 18.6 Å². The van der Waals surface area contributed by atoms with E-state index in [9.17, 15) is 14.4 Å². The molecule has 0 heterocycles. The van der Waals surface area contributed by atoms with Crippen molar-refractivity contribution in [2.75, 3.05) is 20.3 Å². The number of carbonyl (C=O) groups is 3.